The zero-order valence-corrected chi connectivity index (χ0v) is 16.9. The summed E-state index contributed by atoms with van der Waals surface area (Å²) in [5.74, 6) is -0.165. The molecular weight excluding hydrogens is 388 g/mol. The number of amides is 1. The number of aromatic nitrogens is 3. The van der Waals surface area contributed by atoms with E-state index in [4.69, 9.17) is 9.47 Å². The lowest BCUT2D eigenvalue weighted by Gasteiger charge is -2.10. The molecule has 1 aliphatic heterocycles. The lowest BCUT2D eigenvalue weighted by Crippen LogP contribution is -2.26. The molecule has 0 spiro atoms. The zero-order valence-electron chi connectivity index (χ0n) is 16.1. The Kier molecular flexibility index (Phi) is 6.66. The van der Waals surface area contributed by atoms with Crippen LogP contribution >= 0.6 is 11.3 Å². The predicted octanol–water partition coefficient (Wildman–Crippen LogP) is 3.31. The molecule has 1 amide bonds. The van der Waals surface area contributed by atoms with Crippen molar-refractivity contribution in [3.63, 3.8) is 0 Å². The number of nitrogens with zero attached hydrogens (tertiary/aromatic N) is 3. The Labute approximate surface area is 173 Å². The van der Waals surface area contributed by atoms with Crippen LogP contribution < -0.4 is 5.32 Å². The van der Waals surface area contributed by atoms with E-state index in [9.17, 15) is 4.79 Å². The minimum atomic E-state index is -0.165. The monoisotopic (exact) mass is 412 g/mol. The summed E-state index contributed by atoms with van der Waals surface area (Å²) >= 11 is 1.44. The standard InChI is InChI=1S/C21H24N4O3S/c26-20(22-9-5-10-27-14-18-8-4-11-28-18)19-15-29-21(24-19)16-12-23-25(13-16)17-6-2-1-3-7-17/h1-3,6-7,12-13,15,18H,4-5,8-11,14H2,(H,22,26). The van der Waals surface area contributed by atoms with Gasteiger partial charge in [0.15, 0.2) is 0 Å². The second-order valence-electron chi connectivity index (χ2n) is 6.87. The lowest BCUT2D eigenvalue weighted by molar-refractivity contribution is 0.0166. The van der Waals surface area contributed by atoms with Gasteiger partial charge in [-0.05, 0) is 31.4 Å². The number of hydrogen-bond acceptors (Lipinski definition) is 6. The molecule has 0 saturated carbocycles. The average Bonchev–Trinajstić information content (AvgIpc) is 3.52. The van der Waals surface area contributed by atoms with Crippen LogP contribution in [0.3, 0.4) is 0 Å². The summed E-state index contributed by atoms with van der Waals surface area (Å²) < 4.78 is 12.9. The van der Waals surface area contributed by atoms with Crippen LogP contribution in [-0.4, -0.2) is 53.1 Å². The van der Waals surface area contributed by atoms with Crippen LogP contribution in [0.25, 0.3) is 16.3 Å². The zero-order chi connectivity index (χ0) is 19.9. The molecule has 1 saturated heterocycles. The minimum Gasteiger partial charge on any atom is -0.379 e. The van der Waals surface area contributed by atoms with Crippen LogP contribution in [0.15, 0.2) is 48.1 Å². The van der Waals surface area contributed by atoms with Gasteiger partial charge in [0.1, 0.15) is 10.7 Å². The number of thiazole rings is 1. The van der Waals surface area contributed by atoms with E-state index in [0.717, 1.165) is 42.1 Å². The van der Waals surface area contributed by atoms with E-state index in [1.54, 1.807) is 16.3 Å². The smallest absolute Gasteiger partial charge is 0.270 e. The summed E-state index contributed by atoms with van der Waals surface area (Å²) in [6, 6.07) is 9.88. The summed E-state index contributed by atoms with van der Waals surface area (Å²) in [4.78, 5) is 16.8. The molecule has 1 aliphatic rings. The number of rotatable bonds is 9. The molecule has 1 fully saturated rings. The predicted molar refractivity (Wildman–Crippen MR) is 111 cm³/mol. The number of carbonyl (C=O) groups is 1. The Hall–Kier alpha value is -2.55. The van der Waals surface area contributed by atoms with Gasteiger partial charge in [-0.3, -0.25) is 4.79 Å². The third-order valence-electron chi connectivity index (χ3n) is 4.67. The van der Waals surface area contributed by atoms with Crippen molar-refractivity contribution in [2.24, 2.45) is 0 Å². The molecular formula is C21H24N4O3S. The van der Waals surface area contributed by atoms with Gasteiger partial charge in [0, 0.05) is 36.9 Å². The van der Waals surface area contributed by atoms with Crippen molar-refractivity contribution >= 4 is 17.2 Å². The maximum absolute atomic E-state index is 12.3. The number of benzene rings is 1. The average molecular weight is 413 g/mol. The van der Waals surface area contributed by atoms with E-state index in [1.165, 1.54) is 11.3 Å². The highest BCUT2D eigenvalue weighted by atomic mass is 32.1. The Morgan fingerprint density at radius 1 is 1.34 bits per heavy atom. The van der Waals surface area contributed by atoms with Crippen molar-refractivity contribution in [1.29, 1.82) is 0 Å². The molecule has 1 unspecified atom stereocenters. The third-order valence-corrected chi connectivity index (χ3v) is 5.56. The first-order valence-corrected chi connectivity index (χ1v) is 10.7. The molecule has 1 aromatic carbocycles. The van der Waals surface area contributed by atoms with Gasteiger partial charge in [-0.1, -0.05) is 18.2 Å². The van der Waals surface area contributed by atoms with Crippen LogP contribution in [0.4, 0.5) is 0 Å². The van der Waals surface area contributed by atoms with E-state index < -0.39 is 0 Å². The number of hydrogen-bond donors (Lipinski definition) is 1. The van der Waals surface area contributed by atoms with Gasteiger partial charge >= 0.3 is 0 Å². The van der Waals surface area contributed by atoms with Gasteiger partial charge in [0.2, 0.25) is 0 Å². The van der Waals surface area contributed by atoms with Crippen LogP contribution in [0.1, 0.15) is 29.8 Å². The maximum Gasteiger partial charge on any atom is 0.270 e. The molecule has 7 nitrogen and oxygen atoms in total. The quantitative estimate of drug-likeness (QED) is 0.546. The van der Waals surface area contributed by atoms with Crippen molar-refractivity contribution < 1.29 is 14.3 Å². The van der Waals surface area contributed by atoms with Crippen LogP contribution in [0.2, 0.25) is 0 Å². The van der Waals surface area contributed by atoms with E-state index in [2.05, 4.69) is 15.4 Å². The number of nitrogens with one attached hydrogen (secondary N) is 1. The fraction of sp³-hybridized carbons (Fsp3) is 0.381. The highest BCUT2D eigenvalue weighted by Crippen LogP contribution is 2.24. The molecule has 3 aromatic rings. The number of carbonyl (C=O) groups excluding carboxylic acids is 1. The summed E-state index contributed by atoms with van der Waals surface area (Å²) in [5.41, 5.74) is 2.30. The molecule has 29 heavy (non-hydrogen) atoms. The van der Waals surface area contributed by atoms with Gasteiger partial charge in [-0.15, -0.1) is 11.3 Å². The van der Waals surface area contributed by atoms with Crippen molar-refractivity contribution in [2.45, 2.75) is 25.4 Å². The second kappa shape index (κ2) is 9.78. The molecule has 1 atom stereocenters. The molecule has 4 rings (SSSR count). The van der Waals surface area contributed by atoms with Gasteiger partial charge < -0.3 is 14.8 Å². The fourth-order valence-electron chi connectivity index (χ4n) is 3.12. The molecule has 3 heterocycles. The highest BCUT2D eigenvalue weighted by molar-refractivity contribution is 7.13. The first-order chi connectivity index (χ1) is 14.3. The molecule has 0 radical (unpaired) electrons. The molecule has 2 aromatic heterocycles. The lowest BCUT2D eigenvalue weighted by atomic mass is 10.2. The molecule has 8 heteroatoms. The molecule has 0 aliphatic carbocycles. The van der Waals surface area contributed by atoms with Crippen molar-refractivity contribution in [3.8, 4) is 16.3 Å². The van der Waals surface area contributed by atoms with Crippen molar-refractivity contribution in [3.05, 3.63) is 53.8 Å². The van der Waals surface area contributed by atoms with Gasteiger partial charge in [0.05, 0.1) is 24.6 Å². The summed E-state index contributed by atoms with van der Waals surface area (Å²) in [7, 11) is 0. The molecule has 0 bridgehead atoms. The Bertz CT molecular complexity index is 919. The van der Waals surface area contributed by atoms with E-state index >= 15 is 0 Å². The van der Waals surface area contributed by atoms with Crippen LogP contribution in [0.5, 0.6) is 0 Å². The number of para-hydroxylation sites is 1. The van der Waals surface area contributed by atoms with E-state index in [-0.39, 0.29) is 12.0 Å². The van der Waals surface area contributed by atoms with Crippen LogP contribution in [0, 0.1) is 0 Å². The second-order valence-corrected chi connectivity index (χ2v) is 7.72. The minimum absolute atomic E-state index is 0.165. The largest absolute Gasteiger partial charge is 0.379 e. The highest BCUT2D eigenvalue weighted by Gasteiger charge is 2.15. The van der Waals surface area contributed by atoms with Gasteiger partial charge in [-0.2, -0.15) is 5.10 Å². The summed E-state index contributed by atoms with van der Waals surface area (Å²) in [6.07, 6.45) is 6.88. The van der Waals surface area contributed by atoms with E-state index in [0.29, 0.717) is 25.5 Å². The SMILES string of the molecule is O=C(NCCCOCC1CCCO1)c1csc(-c2cnn(-c3ccccc3)c2)n1. The molecule has 1 N–H and O–H groups in total. The van der Waals surface area contributed by atoms with Crippen molar-refractivity contribution in [1.82, 2.24) is 20.1 Å². The number of ether oxygens (including phenoxy) is 2. The van der Waals surface area contributed by atoms with E-state index in [1.807, 2.05) is 36.5 Å². The topological polar surface area (TPSA) is 78.3 Å². The molecule has 152 valence electrons. The van der Waals surface area contributed by atoms with Crippen LogP contribution in [-0.2, 0) is 9.47 Å². The fourth-order valence-corrected chi connectivity index (χ4v) is 3.90. The first-order valence-electron chi connectivity index (χ1n) is 9.83. The third kappa shape index (κ3) is 5.29. The normalized spacial score (nSPS) is 16.2. The first kappa shape index (κ1) is 19.8. The van der Waals surface area contributed by atoms with Gasteiger partial charge in [0.25, 0.3) is 5.91 Å². The summed E-state index contributed by atoms with van der Waals surface area (Å²) in [5, 5.41) is 9.83. The Morgan fingerprint density at radius 3 is 3.07 bits per heavy atom. The van der Waals surface area contributed by atoms with Gasteiger partial charge in [-0.25, -0.2) is 9.67 Å². The maximum atomic E-state index is 12.3. The van der Waals surface area contributed by atoms with Crippen molar-refractivity contribution in [2.75, 3.05) is 26.4 Å². The Morgan fingerprint density at radius 2 is 2.24 bits per heavy atom. The Balaban J connectivity index is 1.23. The summed E-state index contributed by atoms with van der Waals surface area (Å²) in [6.45, 7) is 2.65.